The molecule has 1 heterocycles. The molecular formula is C13H22N4O. The van der Waals surface area contributed by atoms with E-state index in [0.717, 1.165) is 5.69 Å². The Kier molecular flexibility index (Phi) is 3.59. The van der Waals surface area contributed by atoms with Crippen LogP contribution in [0.2, 0.25) is 0 Å². The van der Waals surface area contributed by atoms with Gasteiger partial charge in [0.15, 0.2) is 0 Å². The van der Waals surface area contributed by atoms with Crippen molar-refractivity contribution in [3.8, 4) is 0 Å². The smallest absolute Gasteiger partial charge is 0.239 e. The van der Waals surface area contributed by atoms with Gasteiger partial charge in [-0.1, -0.05) is 20.3 Å². The lowest BCUT2D eigenvalue weighted by atomic mass is 9.75. The van der Waals surface area contributed by atoms with E-state index in [2.05, 4.69) is 24.3 Å². The molecule has 0 aliphatic heterocycles. The van der Waals surface area contributed by atoms with Gasteiger partial charge in [-0.25, -0.2) is 0 Å². The van der Waals surface area contributed by atoms with Crippen LogP contribution in [-0.2, 0) is 11.3 Å². The zero-order valence-corrected chi connectivity index (χ0v) is 11.1. The van der Waals surface area contributed by atoms with Crippen molar-refractivity contribution < 1.29 is 4.79 Å². The molecule has 1 aliphatic rings. The highest BCUT2D eigenvalue weighted by Crippen LogP contribution is 2.36. The summed E-state index contributed by atoms with van der Waals surface area (Å²) in [6.07, 6.45) is 8.53. The SMILES string of the molecule is CC1(C)CCCC(Nc2cnn(CC(N)=O)c2)C1. The zero-order valence-electron chi connectivity index (χ0n) is 11.1. The van der Waals surface area contributed by atoms with Crippen LogP contribution >= 0.6 is 0 Å². The Bertz CT molecular complexity index is 424. The number of aromatic nitrogens is 2. The normalized spacial score (nSPS) is 22.7. The van der Waals surface area contributed by atoms with E-state index in [1.54, 1.807) is 10.9 Å². The van der Waals surface area contributed by atoms with Crippen molar-refractivity contribution in [1.82, 2.24) is 9.78 Å². The van der Waals surface area contributed by atoms with Crippen LogP contribution in [0.3, 0.4) is 0 Å². The minimum Gasteiger partial charge on any atom is -0.380 e. The van der Waals surface area contributed by atoms with Crippen molar-refractivity contribution in [3.05, 3.63) is 12.4 Å². The average Bonchev–Trinajstić information content (AvgIpc) is 2.62. The average molecular weight is 250 g/mol. The molecule has 100 valence electrons. The molecule has 1 aliphatic carbocycles. The first-order valence-electron chi connectivity index (χ1n) is 6.52. The van der Waals surface area contributed by atoms with Gasteiger partial charge in [0.05, 0.1) is 11.9 Å². The van der Waals surface area contributed by atoms with E-state index < -0.39 is 0 Å². The number of primary amides is 1. The zero-order chi connectivity index (χ0) is 13.2. The van der Waals surface area contributed by atoms with Crippen molar-refractivity contribution >= 4 is 11.6 Å². The van der Waals surface area contributed by atoms with Crippen molar-refractivity contribution in [2.75, 3.05) is 5.32 Å². The van der Waals surface area contributed by atoms with E-state index in [4.69, 9.17) is 5.73 Å². The van der Waals surface area contributed by atoms with Crippen LogP contribution in [0.1, 0.15) is 39.5 Å². The molecule has 5 nitrogen and oxygen atoms in total. The van der Waals surface area contributed by atoms with Gasteiger partial charge in [-0.15, -0.1) is 0 Å². The summed E-state index contributed by atoms with van der Waals surface area (Å²) in [5, 5.41) is 7.61. The van der Waals surface area contributed by atoms with E-state index in [1.807, 2.05) is 6.20 Å². The first kappa shape index (κ1) is 12.9. The molecule has 3 N–H and O–H groups in total. The van der Waals surface area contributed by atoms with Gasteiger partial charge in [0.25, 0.3) is 0 Å². The molecule has 2 rings (SSSR count). The Morgan fingerprint density at radius 3 is 3.11 bits per heavy atom. The van der Waals surface area contributed by atoms with Crippen LogP contribution in [0.25, 0.3) is 0 Å². The second kappa shape index (κ2) is 5.00. The Hall–Kier alpha value is -1.52. The number of carbonyl (C=O) groups is 1. The Labute approximate surface area is 108 Å². The molecule has 1 atom stereocenters. The first-order chi connectivity index (χ1) is 8.44. The van der Waals surface area contributed by atoms with E-state index in [0.29, 0.717) is 11.5 Å². The van der Waals surface area contributed by atoms with Gasteiger partial charge in [-0.3, -0.25) is 9.48 Å². The lowest BCUT2D eigenvalue weighted by molar-refractivity contribution is -0.118. The van der Waals surface area contributed by atoms with E-state index in [-0.39, 0.29) is 12.5 Å². The number of nitrogens with two attached hydrogens (primary N) is 1. The van der Waals surface area contributed by atoms with Crippen LogP contribution in [-0.4, -0.2) is 21.7 Å². The number of hydrogen-bond donors (Lipinski definition) is 2. The van der Waals surface area contributed by atoms with Gasteiger partial charge in [-0.05, 0) is 24.7 Å². The number of nitrogens with one attached hydrogen (secondary N) is 1. The number of amides is 1. The van der Waals surface area contributed by atoms with Crippen LogP contribution in [0.4, 0.5) is 5.69 Å². The number of carbonyl (C=O) groups excluding carboxylic acids is 1. The molecule has 0 bridgehead atoms. The molecular weight excluding hydrogens is 228 g/mol. The summed E-state index contributed by atoms with van der Waals surface area (Å²) < 4.78 is 1.57. The molecule has 1 aromatic heterocycles. The van der Waals surface area contributed by atoms with E-state index in [1.165, 1.54) is 25.7 Å². The maximum atomic E-state index is 10.8. The van der Waals surface area contributed by atoms with Crippen molar-refractivity contribution in [2.24, 2.45) is 11.1 Å². The highest BCUT2D eigenvalue weighted by molar-refractivity contribution is 5.73. The van der Waals surface area contributed by atoms with Crippen molar-refractivity contribution in [2.45, 2.75) is 52.1 Å². The van der Waals surface area contributed by atoms with Crippen molar-refractivity contribution in [3.63, 3.8) is 0 Å². The van der Waals surface area contributed by atoms with Crippen LogP contribution in [0.15, 0.2) is 12.4 Å². The molecule has 18 heavy (non-hydrogen) atoms. The summed E-state index contributed by atoms with van der Waals surface area (Å²) in [4.78, 5) is 10.8. The summed E-state index contributed by atoms with van der Waals surface area (Å²) in [6, 6.07) is 0.500. The summed E-state index contributed by atoms with van der Waals surface area (Å²) in [6.45, 7) is 4.77. The third-order valence-electron chi connectivity index (χ3n) is 3.53. The number of hydrogen-bond acceptors (Lipinski definition) is 3. The first-order valence-corrected chi connectivity index (χ1v) is 6.52. The fourth-order valence-corrected chi connectivity index (χ4v) is 2.74. The van der Waals surface area contributed by atoms with Crippen molar-refractivity contribution in [1.29, 1.82) is 0 Å². The molecule has 0 radical (unpaired) electrons. The molecule has 1 fully saturated rings. The van der Waals surface area contributed by atoms with Crippen LogP contribution in [0, 0.1) is 5.41 Å². The fraction of sp³-hybridized carbons (Fsp3) is 0.692. The lowest BCUT2D eigenvalue weighted by Gasteiger charge is -2.35. The molecule has 1 aromatic rings. The largest absolute Gasteiger partial charge is 0.380 e. The fourth-order valence-electron chi connectivity index (χ4n) is 2.74. The topological polar surface area (TPSA) is 72.9 Å². The van der Waals surface area contributed by atoms with Crippen LogP contribution in [0.5, 0.6) is 0 Å². The van der Waals surface area contributed by atoms with E-state index in [9.17, 15) is 4.79 Å². The maximum Gasteiger partial charge on any atom is 0.239 e. The molecule has 0 spiro atoms. The Balaban J connectivity index is 1.93. The highest BCUT2D eigenvalue weighted by atomic mass is 16.1. The number of nitrogens with zero attached hydrogens (tertiary/aromatic N) is 2. The predicted molar refractivity (Wildman–Crippen MR) is 71.1 cm³/mol. The molecule has 0 aromatic carbocycles. The van der Waals surface area contributed by atoms with E-state index >= 15 is 0 Å². The summed E-state index contributed by atoms with van der Waals surface area (Å²) in [7, 11) is 0. The Morgan fingerprint density at radius 2 is 2.44 bits per heavy atom. The molecule has 5 heteroatoms. The van der Waals surface area contributed by atoms with Gasteiger partial charge >= 0.3 is 0 Å². The Morgan fingerprint density at radius 1 is 1.67 bits per heavy atom. The maximum absolute atomic E-state index is 10.8. The summed E-state index contributed by atoms with van der Waals surface area (Å²) in [5.41, 5.74) is 6.52. The molecule has 1 unspecified atom stereocenters. The van der Waals surface area contributed by atoms with Gasteiger partial charge in [0.1, 0.15) is 6.54 Å². The summed E-state index contributed by atoms with van der Waals surface area (Å²) in [5.74, 6) is -0.372. The standard InChI is InChI=1S/C13H22N4O/c1-13(2)5-3-4-10(6-13)16-11-7-15-17(8-11)9-12(14)18/h7-8,10,16H,3-6,9H2,1-2H3,(H2,14,18). The second-order valence-electron chi connectivity index (χ2n) is 5.99. The van der Waals surface area contributed by atoms with Gasteiger partial charge < -0.3 is 11.1 Å². The lowest BCUT2D eigenvalue weighted by Crippen LogP contribution is -2.31. The van der Waals surface area contributed by atoms with Crippen LogP contribution < -0.4 is 11.1 Å². The van der Waals surface area contributed by atoms with Gasteiger partial charge in [-0.2, -0.15) is 5.10 Å². The monoisotopic (exact) mass is 250 g/mol. The van der Waals surface area contributed by atoms with Gasteiger partial charge in [0.2, 0.25) is 5.91 Å². The molecule has 1 amide bonds. The molecule has 0 saturated heterocycles. The third kappa shape index (κ3) is 3.48. The molecule has 1 saturated carbocycles. The summed E-state index contributed by atoms with van der Waals surface area (Å²) >= 11 is 0. The third-order valence-corrected chi connectivity index (χ3v) is 3.53. The number of anilines is 1. The van der Waals surface area contributed by atoms with Gasteiger partial charge in [0, 0.05) is 12.2 Å². The minimum atomic E-state index is -0.372. The second-order valence-corrected chi connectivity index (χ2v) is 5.99. The minimum absolute atomic E-state index is 0.137. The highest BCUT2D eigenvalue weighted by Gasteiger charge is 2.27. The number of rotatable bonds is 4. The quantitative estimate of drug-likeness (QED) is 0.855. The predicted octanol–water partition coefficient (Wildman–Crippen LogP) is 1.75.